The molecule has 0 radical (unpaired) electrons. The molecule has 0 unspecified atom stereocenters. The third-order valence-electron chi connectivity index (χ3n) is 2.46. The average Bonchev–Trinajstić information content (AvgIpc) is 3.04. The number of aliphatic carboxylic acids is 1. The van der Waals surface area contributed by atoms with E-state index in [1.54, 1.807) is 11.3 Å². The van der Waals surface area contributed by atoms with Crippen molar-refractivity contribution in [2.24, 2.45) is 0 Å². The van der Waals surface area contributed by atoms with Crippen LogP contribution in [-0.2, 0) is 16.0 Å². The Morgan fingerprint density at radius 2 is 2.47 bits per heavy atom. The Morgan fingerprint density at radius 3 is 3.16 bits per heavy atom. The number of aryl methyl sites for hydroxylation is 1. The molecule has 6 nitrogen and oxygen atoms in total. The molecule has 1 N–H and O–H groups in total. The van der Waals surface area contributed by atoms with Crippen molar-refractivity contribution in [2.75, 3.05) is 6.61 Å². The molecule has 1 atom stereocenters. The number of aromatic nitrogens is 2. The van der Waals surface area contributed by atoms with Crippen molar-refractivity contribution in [3.8, 4) is 10.7 Å². The Bertz CT molecular complexity index is 524. The lowest BCUT2D eigenvalue weighted by Gasteiger charge is -2.06. The van der Waals surface area contributed by atoms with Crippen molar-refractivity contribution in [1.82, 2.24) is 10.1 Å². The summed E-state index contributed by atoms with van der Waals surface area (Å²) < 4.78 is 10.2. The molecule has 7 heteroatoms. The van der Waals surface area contributed by atoms with Gasteiger partial charge in [0.05, 0.1) is 4.88 Å². The van der Waals surface area contributed by atoms with Gasteiger partial charge in [0.15, 0.2) is 6.10 Å². The second kappa shape index (κ2) is 6.44. The summed E-state index contributed by atoms with van der Waals surface area (Å²) in [5.74, 6) is 0.164. The smallest absolute Gasteiger partial charge is 0.332 e. The van der Waals surface area contributed by atoms with Crippen molar-refractivity contribution >= 4 is 17.3 Å². The molecule has 0 saturated carbocycles. The van der Waals surface area contributed by atoms with Crippen LogP contribution < -0.4 is 0 Å². The van der Waals surface area contributed by atoms with Crippen LogP contribution in [0.2, 0.25) is 0 Å². The fourth-order valence-electron chi connectivity index (χ4n) is 1.42. The molecule has 0 fully saturated rings. The Hall–Kier alpha value is -1.73. The summed E-state index contributed by atoms with van der Waals surface area (Å²) >= 11 is 1.55. The first-order valence-corrected chi connectivity index (χ1v) is 6.75. The van der Waals surface area contributed by atoms with Gasteiger partial charge in [-0.2, -0.15) is 4.98 Å². The van der Waals surface area contributed by atoms with E-state index >= 15 is 0 Å². The standard InChI is InChI=1S/C12H14N2O4S/c1-8(12(15)16)17-6-2-5-10-13-11(14-18-10)9-4-3-7-19-9/h3-4,7-8H,2,5-6H2,1H3,(H,15,16)/t8-/m1/s1. The highest BCUT2D eigenvalue weighted by Gasteiger charge is 2.12. The minimum Gasteiger partial charge on any atom is -0.479 e. The summed E-state index contributed by atoms with van der Waals surface area (Å²) in [5, 5.41) is 14.5. The maximum Gasteiger partial charge on any atom is 0.332 e. The predicted molar refractivity (Wildman–Crippen MR) is 69.0 cm³/mol. The van der Waals surface area contributed by atoms with E-state index in [0.717, 1.165) is 4.88 Å². The first kappa shape index (κ1) is 13.7. The lowest BCUT2D eigenvalue weighted by molar-refractivity contribution is -0.149. The molecule has 0 spiro atoms. The molecule has 0 saturated heterocycles. The molecule has 2 heterocycles. The fraction of sp³-hybridized carbons (Fsp3) is 0.417. The van der Waals surface area contributed by atoms with E-state index < -0.39 is 12.1 Å². The van der Waals surface area contributed by atoms with Crippen LogP contribution in [0, 0.1) is 0 Å². The zero-order valence-electron chi connectivity index (χ0n) is 10.4. The van der Waals surface area contributed by atoms with Gasteiger partial charge in [-0.05, 0) is 24.8 Å². The number of nitrogens with zero attached hydrogens (tertiary/aromatic N) is 2. The highest BCUT2D eigenvalue weighted by Crippen LogP contribution is 2.21. The summed E-state index contributed by atoms with van der Waals surface area (Å²) in [4.78, 5) is 15.8. The first-order valence-electron chi connectivity index (χ1n) is 5.87. The van der Waals surface area contributed by atoms with E-state index in [4.69, 9.17) is 14.4 Å². The molecule has 0 aromatic carbocycles. The van der Waals surface area contributed by atoms with Crippen molar-refractivity contribution in [2.45, 2.75) is 25.9 Å². The molecule has 102 valence electrons. The number of hydrogen-bond donors (Lipinski definition) is 1. The molecule has 2 aromatic rings. The summed E-state index contributed by atoms with van der Waals surface area (Å²) in [6.07, 6.45) is 0.429. The number of carbonyl (C=O) groups is 1. The molecule has 0 amide bonds. The van der Waals surface area contributed by atoms with Crippen molar-refractivity contribution in [3.05, 3.63) is 23.4 Å². The van der Waals surface area contributed by atoms with Gasteiger partial charge < -0.3 is 14.4 Å². The molecule has 0 bridgehead atoms. The lowest BCUT2D eigenvalue weighted by Crippen LogP contribution is -2.20. The SMILES string of the molecule is C[C@@H](OCCCc1nc(-c2cccs2)no1)C(=O)O. The van der Waals surface area contributed by atoms with Crippen LogP contribution in [0.3, 0.4) is 0 Å². The van der Waals surface area contributed by atoms with Gasteiger partial charge in [-0.25, -0.2) is 4.79 Å². The van der Waals surface area contributed by atoms with Crippen molar-refractivity contribution in [1.29, 1.82) is 0 Å². The molecule has 0 aliphatic heterocycles. The second-order valence-electron chi connectivity index (χ2n) is 3.94. The molecule has 0 aliphatic carbocycles. The molecular formula is C12H14N2O4S. The maximum atomic E-state index is 10.5. The lowest BCUT2D eigenvalue weighted by atomic mass is 10.3. The van der Waals surface area contributed by atoms with E-state index in [2.05, 4.69) is 10.1 Å². The summed E-state index contributed by atoms with van der Waals surface area (Å²) in [6, 6.07) is 3.86. The minimum atomic E-state index is -0.960. The van der Waals surface area contributed by atoms with E-state index in [1.165, 1.54) is 6.92 Å². The van der Waals surface area contributed by atoms with Gasteiger partial charge in [-0.1, -0.05) is 11.2 Å². The third kappa shape index (κ3) is 3.87. The largest absolute Gasteiger partial charge is 0.479 e. The van der Waals surface area contributed by atoms with Crippen molar-refractivity contribution in [3.63, 3.8) is 0 Å². The Kier molecular flexibility index (Phi) is 4.64. The van der Waals surface area contributed by atoms with Crippen LogP contribution in [0.1, 0.15) is 19.2 Å². The van der Waals surface area contributed by atoms with Gasteiger partial charge in [0.25, 0.3) is 0 Å². The monoisotopic (exact) mass is 282 g/mol. The van der Waals surface area contributed by atoms with Gasteiger partial charge in [0.1, 0.15) is 0 Å². The number of rotatable bonds is 7. The fourth-order valence-corrected chi connectivity index (χ4v) is 2.07. The second-order valence-corrected chi connectivity index (χ2v) is 4.89. The number of thiophene rings is 1. The maximum absolute atomic E-state index is 10.5. The predicted octanol–water partition coefficient (Wildman–Crippen LogP) is 2.22. The van der Waals surface area contributed by atoms with Gasteiger partial charge in [-0.15, -0.1) is 11.3 Å². The quantitative estimate of drug-likeness (QED) is 0.784. The Balaban J connectivity index is 1.77. The summed E-state index contributed by atoms with van der Waals surface area (Å²) in [7, 11) is 0. The molecule has 0 aliphatic rings. The van der Waals surface area contributed by atoms with Crippen LogP contribution in [0.5, 0.6) is 0 Å². The summed E-state index contributed by atoms with van der Waals surface area (Å²) in [5.41, 5.74) is 0. The zero-order valence-corrected chi connectivity index (χ0v) is 11.2. The van der Waals surface area contributed by atoms with Gasteiger partial charge in [-0.3, -0.25) is 0 Å². The normalized spacial score (nSPS) is 12.5. The highest BCUT2D eigenvalue weighted by molar-refractivity contribution is 7.13. The van der Waals surface area contributed by atoms with Gasteiger partial charge >= 0.3 is 5.97 Å². The van der Waals surface area contributed by atoms with E-state index in [0.29, 0.717) is 31.2 Å². The average molecular weight is 282 g/mol. The van der Waals surface area contributed by atoms with Crippen molar-refractivity contribution < 1.29 is 19.2 Å². The minimum absolute atomic E-state index is 0.351. The van der Waals surface area contributed by atoms with E-state index in [9.17, 15) is 4.79 Å². The summed E-state index contributed by atoms with van der Waals surface area (Å²) in [6.45, 7) is 1.86. The van der Waals surface area contributed by atoms with Crippen LogP contribution in [0.25, 0.3) is 10.7 Å². The molecule has 2 aromatic heterocycles. The number of carboxylic acids is 1. The van der Waals surface area contributed by atoms with Crippen LogP contribution in [0.15, 0.2) is 22.0 Å². The topological polar surface area (TPSA) is 85.5 Å². The number of ether oxygens (including phenoxy) is 1. The number of hydrogen-bond acceptors (Lipinski definition) is 6. The third-order valence-corrected chi connectivity index (χ3v) is 3.33. The highest BCUT2D eigenvalue weighted by atomic mass is 32.1. The van der Waals surface area contributed by atoms with Gasteiger partial charge in [0, 0.05) is 13.0 Å². The first-order chi connectivity index (χ1) is 9.16. The zero-order chi connectivity index (χ0) is 13.7. The number of carboxylic acid groups (broad SMARTS) is 1. The Labute approximate surface area is 114 Å². The Morgan fingerprint density at radius 1 is 1.63 bits per heavy atom. The van der Waals surface area contributed by atoms with Crippen LogP contribution >= 0.6 is 11.3 Å². The molecule has 2 rings (SSSR count). The van der Waals surface area contributed by atoms with E-state index in [-0.39, 0.29) is 0 Å². The molecular weight excluding hydrogens is 268 g/mol. The van der Waals surface area contributed by atoms with Gasteiger partial charge in [0.2, 0.25) is 11.7 Å². The molecule has 19 heavy (non-hydrogen) atoms. The van der Waals surface area contributed by atoms with E-state index in [1.807, 2.05) is 17.5 Å². The van der Waals surface area contributed by atoms with Crippen LogP contribution in [-0.4, -0.2) is 33.9 Å². The van der Waals surface area contributed by atoms with Crippen LogP contribution in [0.4, 0.5) is 0 Å².